The lowest BCUT2D eigenvalue weighted by Gasteiger charge is -2.23. The highest BCUT2D eigenvalue weighted by molar-refractivity contribution is 7.85. The molecule has 0 bridgehead atoms. The van der Waals surface area contributed by atoms with Crippen LogP contribution in [0.1, 0.15) is 82.7 Å². The summed E-state index contributed by atoms with van der Waals surface area (Å²) in [5.74, 6) is 0. The van der Waals surface area contributed by atoms with E-state index >= 15 is 0 Å². The standard InChI is InChI=1S/C23H34N4O3S2/c1-2-30-32(28,29)25-23-26(18-19-12-6-3-7-13-19)22(24-20-14-8-4-9-15-20)27(31-23)21-16-10-5-11-17-21/h3,6-7,12-13,20-21H,2,4-5,8-11,14-18H2,1H3/b24-22?,25-23-. The third kappa shape index (κ3) is 5.99. The van der Waals surface area contributed by atoms with E-state index in [1.54, 1.807) is 6.92 Å². The highest BCUT2D eigenvalue weighted by atomic mass is 32.2. The van der Waals surface area contributed by atoms with Gasteiger partial charge in [0.25, 0.3) is 0 Å². The van der Waals surface area contributed by atoms with Gasteiger partial charge in [-0.3, -0.25) is 12.7 Å². The summed E-state index contributed by atoms with van der Waals surface area (Å²) < 4.78 is 38.2. The second-order valence-corrected chi connectivity index (χ2v) is 10.9. The maximum atomic E-state index is 12.5. The van der Waals surface area contributed by atoms with E-state index in [1.165, 1.54) is 50.1 Å². The SMILES string of the molecule is CCOS(=O)(=O)/N=c1\sn(C2CCCCC2)c(=NC2CCCCC2)n1Cc1ccccc1. The molecule has 1 aromatic carbocycles. The molecule has 176 valence electrons. The molecule has 2 saturated carbocycles. The van der Waals surface area contributed by atoms with Gasteiger partial charge in [0.05, 0.1) is 19.2 Å². The number of rotatable bonds is 7. The molecule has 4 rings (SSSR count). The van der Waals surface area contributed by atoms with Gasteiger partial charge in [0.15, 0.2) is 0 Å². The topological polar surface area (TPSA) is 78.0 Å². The summed E-state index contributed by atoms with van der Waals surface area (Å²) in [5.41, 5.74) is 1.96. The molecule has 7 nitrogen and oxygen atoms in total. The maximum Gasteiger partial charge on any atom is 0.383 e. The molecule has 1 aromatic heterocycles. The van der Waals surface area contributed by atoms with Crippen molar-refractivity contribution < 1.29 is 12.6 Å². The molecular weight excluding hydrogens is 444 g/mol. The highest BCUT2D eigenvalue weighted by Gasteiger charge is 2.22. The van der Waals surface area contributed by atoms with Crippen molar-refractivity contribution in [1.82, 2.24) is 8.52 Å². The quantitative estimate of drug-likeness (QED) is 0.595. The van der Waals surface area contributed by atoms with Gasteiger partial charge >= 0.3 is 10.3 Å². The van der Waals surface area contributed by atoms with Crippen molar-refractivity contribution in [1.29, 1.82) is 0 Å². The van der Waals surface area contributed by atoms with E-state index in [1.807, 2.05) is 22.8 Å². The lowest BCUT2D eigenvalue weighted by atomic mass is 9.96. The molecule has 0 atom stereocenters. The fourth-order valence-corrected chi connectivity index (χ4v) is 6.73. The predicted octanol–water partition coefficient (Wildman–Crippen LogP) is 4.32. The lowest BCUT2D eigenvalue weighted by molar-refractivity contribution is 0.338. The zero-order chi connectivity index (χ0) is 22.4. The first-order valence-electron chi connectivity index (χ1n) is 11.9. The number of aromatic nitrogens is 2. The third-order valence-electron chi connectivity index (χ3n) is 6.27. The molecule has 2 aliphatic rings. The Morgan fingerprint density at radius 1 is 1.00 bits per heavy atom. The van der Waals surface area contributed by atoms with Gasteiger partial charge in [-0.2, -0.15) is 8.42 Å². The summed E-state index contributed by atoms with van der Waals surface area (Å²) in [7, 11) is -4.01. The summed E-state index contributed by atoms with van der Waals surface area (Å²) in [6.45, 7) is 2.26. The van der Waals surface area contributed by atoms with Crippen LogP contribution in [-0.4, -0.2) is 29.6 Å². The van der Waals surface area contributed by atoms with Gasteiger partial charge in [-0.05, 0) is 49.7 Å². The van der Waals surface area contributed by atoms with E-state index in [2.05, 4.69) is 20.5 Å². The number of nitrogens with zero attached hydrogens (tertiary/aromatic N) is 4. The lowest BCUT2D eigenvalue weighted by Crippen LogP contribution is -2.35. The van der Waals surface area contributed by atoms with Gasteiger partial charge < -0.3 is 0 Å². The minimum Gasteiger partial charge on any atom is -0.281 e. The van der Waals surface area contributed by atoms with Crippen LogP contribution in [0.5, 0.6) is 0 Å². The Balaban J connectivity index is 1.89. The molecule has 0 unspecified atom stereocenters. The van der Waals surface area contributed by atoms with Crippen molar-refractivity contribution in [3.05, 3.63) is 46.3 Å². The molecule has 32 heavy (non-hydrogen) atoms. The van der Waals surface area contributed by atoms with Gasteiger partial charge in [0.1, 0.15) is 0 Å². The molecule has 2 aromatic rings. The van der Waals surface area contributed by atoms with Gasteiger partial charge in [-0.25, -0.2) is 4.99 Å². The van der Waals surface area contributed by atoms with Crippen LogP contribution in [0.2, 0.25) is 0 Å². The number of hydrogen-bond acceptors (Lipinski definition) is 5. The van der Waals surface area contributed by atoms with E-state index < -0.39 is 10.3 Å². The monoisotopic (exact) mass is 478 g/mol. The van der Waals surface area contributed by atoms with Crippen molar-refractivity contribution in [3.8, 4) is 0 Å². The van der Waals surface area contributed by atoms with Crippen molar-refractivity contribution >= 4 is 21.8 Å². The Hall–Kier alpha value is -1.71. The second kappa shape index (κ2) is 10.9. The van der Waals surface area contributed by atoms with Crippen LogP contribution in [0.15, 0.2) is 39.7 Å². The normalized spacial score (nSPS) is 20.2. The Morgan fingerprint density at radius 2 is 1.66 bits per heavy atom. The minimum absolute atomic E-state index is 0.0673. The molecule has 0 spiro atoms. The molecule has 2 aliphatic carbocycles. The van der Waals surface area contributed by atoms with Gasteiger partial charge in [0.2, 0.25) is 10.4 Å². The van der Waals surface area contributed by atoms with Crippen LogP contribution in [0, 0.1) is 0 Å². The van der Waals surface area contributed by atoms with Gasteiger partial charge in [-0.15, -0.1) is 4.40 Å². The van der Waals surface area contributed by atoms with Crippen molar-refractivity contribution in [3.63, 3.8) is 0 Å². The predicted molar refractivity (Wildman–Crippen MR) is 127 cm³/mol. The van der Waals surface area contributed by atoms with Crippen molar-refractivity contribution in [2.24, 2.45) is 9.39 Å². The van der Waals surface area contributed by atoms with Crippen molar-refractivity contribution in [2.75, 3.05) is 6.61 Å². The number of benzene rings is 1. The Kier molecular flexibility index (Phi) is 8.02. The molecule has 0 amide bonds. The molecular formula is C23H34N4O3S2. The fraction of sp³-hybridized carbons (Fsp3) is 0.652. The smallest absolute Gasteiger partial charge is 0.281 e. The minimum atomic E-state index is -4.01. The zero-order valence-corrected chi connectivity index (χ0v) is 20.5. The van der Waals surface area contributed by atoms with Crippen LogP contribution >= 0.6 is 11.5 Å². The molecule has 0 radical (unpaired) electrons. The van der Waals surface area contributed by atoms with Crippen LogP contribution in [0.25, 0.3) is 0 Å². The average Bonchev–Trinajstić information content (AvgIpc) is 3.12. The first-order chi connectivity index (χ1) is 15.6. The molecule has 0 N–H and O–H groups in total. The number of hydrogen-bond donors (Lipinski definition) is 0. The molecule has 9 heteroatoms. The van der Waals surface area contributed by atoms with Gasteiger partial charge in [0, 0.05) is 6.04 Å². The third-order valence-corrected chi connectivity index (χ3v) is 8.45. The van der Waals surface area contributed by atoms with E-state index in [-0.39, 0.29) is 12.6 Å². The van der Waals surface area contributed by atoms with E-state index in [0.717, 1.165) is 36.9 Å². The van der Waals surface area contributed by atoms with Crippen LogP contribution in [0.4, 0.5) is 0 Å². The Bertz CT molecular complexity index is 1100. The largest absolute Gasteiger partial charge is 0.383 e. The first-order valence-corrected chi connectivity index (χ1v) is 14.1. The van der Waals surface area contributed by atoms with Gasteiger partial charge in [-0.1, -0.05) is 68.9 Å². The fourth-order valence-electron chi connectivity index (χ4n) is 4.68. The summed E-state index contributed by atoms with van der Waals surface area (Å²) in [6.07, 6.45) is 11.7. The van der Waals surface area contributed by atoms with Crippen LogP contribution in [-0.2, 0) is 21.0 Å². The summed E-state index contributed by atoms with van der Waals surface area (Å²) in [4.78, 5) is 5.66. The Morgan fingerprint density at radius 3 is 2.31 bits per heavy atom. The average molecular weight is 479 g/mol. The first kappa shape index (κ1) is 23.4. The summed E-state index contributed by atoms with van der Waals surface area (Å²) in [5, 5.41) is 0. The maximum absolute atomic E-state index is 12.5. The van der Waals surface area contributed by atoms with E-state index in [9.17, 15) is 8.42 Å². The molecule has 1 heterocycles. The zero-order valence-electron chi connectivity index (χ0n) is 18.9. The second-order valence-electron chi connectivity index (χ2n) is 8.71. The van der Waals surface area contributed by atoms with Crippen LogP contribution in [0.3, 0.4) is 0 Å². The molecule has 0 saturated heterocycles. The molecule has 0 aliphatic heterocycles. The highest BCUT2D eigenvalue weighted by Crippen LogP contribution is 2.28. The Labute approximate surface area is 194 Å². The summed E-state index contributed by atoms with van der Waals surface area (Å²) >= 11 is 1.41. The summed E-state index contributed by atoms with van der Waals surface area (Å²) in [6, 6.07) is 10.7. The molecule has 2 fully saturated rings. The van der Waals surface area contributed by atoms with E-state index in [4.69, 9.17) is 9.18 Å². The van der Waals surface area contributed by atoms with Crippen LogP contribution < -0.4 is 10.4 Å². The van der Waals surface area contributed by atoms with Crippen molar-refractivity contribution in [2.45, 2.75) is 89.8 Å². The van der Waals surface area contributed by atoms with E-state index in [0.29, 0.717) is 17.4 Å².